The van der Waals surface area contributed by atoms with E-state index in [9.17, 15) is 4.79 Å². The molecule has 6 nitrogen and oxygen atoms in total. The van der Waals surface area contributed by atoms with Crippen LogP contribution in [0.5, 0.6) is 0 Å². The molecule has 0 aliphatic carbocycles. The van der Waals surface area contributed by atoms with Gasteiger partial charge in [0.05, 0.1) is 19.1 Å². The van der Waals surface area contributed by atoms with Crippen molar-refractivity contribution in [2.45, 2.75) is 6.42 Å². The number of carbonyl (C=O) groups excluding carboxylic acids is 1. The SMILES string of the molecule is Cn1cc(CCOC(=O)c2csc(-c3ccoc3)n2)cn1. The highest BCUT2D eigenvalue weighted by molar-refractivity contribution is 7.13. The topological polar surface area (TPSA) is 70.2 Å². The molecular weight excluding hydrogens is 290 g/mol. The van der Waals surface area contributed by atoms with Crippen LogP contribution < -0.4 is 0 Å². The first-order valence-electron chi connectivity index (χ1n) is 6.35. The van der Waals surface area contributed by atoms with Gasteiger partial charge in [0.15, 0.2) is 5.69 Å². The first kappa shape index (κ1) is 13.6. The summed E-state index contributed by atoms with van der Waals surface area (Å²) in [4.78, 5) is 16.2. The van der Waals surface area contributed by atoms with E-state index in [0.717, 1.165) is 16.1 Å². The molecule has 3 aromatic rings. The molecule has 108 valence electrons. The van der Waals surface area contributed by atoms with E-state index in [-0.39, 0.29) is 0 Å². The number of carbonyl (C=O) groups is 1. The average molecular weight is 303 g/mol. The van der Waals surface area contributed by atoms with E-state index in [1.807, 2.05) is 13.2 Å². The third kappa shape index (κ3) is 3.19. The predicted octanol–water partition coefficient (Wildman–Crippen LogP) is 2.54. The second kappa shape index (κ2) is 5.92. The van der Waals surface area contributed by atoms with E-state index >= 15 is 0 Å². The number of hydrogen-bond acceptors (Lipinski definition) is 6. The largest absolute Gasteiger partial charge is 0.472 e. The minimum atomic E-state index is -0.412. The number of ether oxygens (including phenoxy) is 1. The lowest BCUT2D eigenvalue weighted by Crippen LogP contribution is -2.08. The van der Waals surface area contributed by atoms with Crippen molar-refractivity contribution in [2.24, 2.45) is 7.05 Å². The summed E-state index contributed by atoms with van der Waals surface area (Å²) in [7, 11) is 1.85. The van der Waals surface area contributed by atoms with Crippen molar-refractivity contribution in [3.63, 3.8) is 0 Å². The fourth-order valence-electron chi connectivity index (χ4n) is 1.82. The first-order valence-corrected chi connectivity index (χ1v) is 7.23. The molecule has 3 rings (SSSR count). The van der Waals surface area contributed by atoms with Crippen LogP contribution in [-0.2, 0) is 18.2 Å². The van der Waals surface area contributed by atoms with E-state index in [0.29, 0.717) is 18.7 Å². The molecule has 0 spiro atoms. The molecule has 0 saturated carbocycles. The summed E-state index contributed by atoms with van der Waals surface area (Å²) in [5, 5.41) is 6.49. The Morgan fingerprint density at radius 2 is 2.43 bits per heavy atom. The van der Waals surface area contributed by atoms with Crippen LogP contribution in [0.4, 0.5) is 0 Å². The maximum Gasteiger partial charge on any atom is 0.357 e. The minimum Gasteiger partial charge on any atom is -0.472 e. The number of esters is 1. The van der Waals surface area contributed by atoms with Crippen molar-refractivity contribution in [2.75, 3.05) is 6.61 Å². The number of thiazole rings is 1. The Kier molecular flexibility index (Phi) is 3.83. The van der Waals surface area contributed by atoms with E-state index in [1.165, 1.54) is 11.3 Å². The second-order valence-corrected chi connectivity index (χ2v) is 5.32. The van der Waals surface area contributed by atoms with E-state index in [1.54, 1.807) is 34.9 Å². The molecule has 0 radical (unpaired) electrons. The smallest absolute Gasteiger partial charge is 0.357 e. The number of aromatic nitrogens is 3. The predicted molar refractivity (Wildman–Crippen MR) is 77.0 cm³/mol. The summed E-state index contributed by atoms with van der Waals surface area (Å²) in [5.41, 5.74) is 2.21. The van der Waals surface area contributed by atoms with Gasteiger partial charge in [0, 0.05) is 30.6 Å². The molecule has 0 fully saturated rings. The molecule has 0 atom stereocenters. The zero-order valence-corrected chi connectivity index (χ0v) is 12.2. The Labute approximate surface area is 125 Å². The molecule has 0 saturated heterocycles. The van der Waals surface area contributed by atoms with Crippen LogP contribution >= 0.6 is 11.3 Å². The third-order valence-corrected chi connectivity index (χ3v) is 3.76. The van der Waals surface area contributed by atoms with Crippen LogP contribution in [0, 0.1) is 0 Å². The van der Waals surface area contributed by atoms with E-state index in [4.69, 9.17) is 9.15 Å². The van der Waals surface area contributed by atoms with Crippen LogP contribution in [0.15, 0.2) is 40.8 Å². The molecule has 0 aliphatic rings. The van der Waals surface area contributed by atoms with Crippen LogP contribution in [0.2, 0.25) is 0 Å². The van der Waals surface area contributed by atoms with Gasteiger partial charge in [-0.25, -0.2) is 9.78 Å². The van der Waals surface area contributed by atoms with Crippen molar-refractivity contribution < 1.29 is 13.9 Å². The Bertz CT molecular complexity index is 730. The van der Waals surface area contributed by atoms with Crippen LogP contribution in [-0.4, -0.2) is 27.3 Å². The summed E-state index contributed by atoms with van der Waals surface area (Å²) >= 11 is 1.38. The Morgan fingerprint density at radius 3 is 3.14 bits per heavy atom. The lowest BCUT2D eigenvalue weighted by atomic mass is 10.3. The van der Waals surface area contributed by atoms with Crippen molar-refractivity contribution in [1.29, 1.82) is 0 Å². The van der Waals surface area contributed by atoms with Gasteiger partial charge in [-0.3, -0.25) is 4.68 Å². The molecule has 3 heterocycles. The maximum absolute atomic E-state index is 11.9. The van der Waals surface area contributed by atoms with Gasteiger partial charge in [-0.2, -0.15) is 5.10 Å². The highest BCUT2D eigenvalue weighted by Gasteiger charge is 2.13. The summed E-state index contributed by atoms with van der Waals surface area (Å²) in [6, 6.07) is 1.80. The summed E-state index contributed by atoms with van der Waals surface area (Å²) in [5.74, 6) is -0.412. The van der Waals surface area contributed by atoms with Crippen LogP contribution in [0.1, 0.15) is 16.1 Å². The van der Waals surface area contributed by atoms with E-state index in [2.05, 4.69) is 10.1 Å². The van der Waals surface area contributed by atoms with Crippen molar-refractivity contribution in [1.82, 2.24) is 14.8 Å². The molecule has 21 heavy (non-hydrogen) atoms. The molecule has 0 aliphatic heterocycles. The molecule has 0 amide bonds. The fraction of sp³-hybridized carbons (Fsp3) is 0.214. The second-order valence-electron chi connectivity index (χ2n) is 4.46. The molecule has 7 heteroatoms. The van der Waals surface area contributed by atoms with Crippen molar-refractivity contribution >= 4 is 17.3 Å². The Morgan fingerprint density at radius 1 is 1.52 bits per heavy atom. The number of furan rings is 1. The molecular formula is C14H13N3O3S. The number of nitrogens with zero attached hydrogens (tertiary/aromatic N) is 3. The highest BCUT2D eigenvalue weighted by atomic mass is 32.1. The maximum atomic E-state index is 11.9. The normalized spacial score (nSPS) is 10.7. The van der Waals surface area contributed by atoms with Gasteiger partial charge in [0.25, 0.3) is 0 Å². The van der Waals surface area contributed by atoms with Gasteiger partial charge >= 0.3 is 5.97 Å². The minimum absolute atomic E-state index is 0.309. The fourth-order valence-corrected chi connectivity index (χ4v) is 2.60. The van der Waals surface area contributed by atoms with Gasteiger partial charge in [-0.05, 0) is 11.6 Å². The first-order chi connectivity index (χ1) is 10.2. The monoisotopic (exact) mass is 303 g/mol. The number of aryl methyl sites for hydroxylation is 1. The average Bonchev–Trinajstić information content (AvgIpc) is 3.19. The third-order valence-electron chi connectivity index (χ3n) is 2.86. The summed E-state index contributed by atoms with van der Waals surface area (Å²) in [6.45, 7) is 0.309. The molecule has 0 aromatic carbocycles. The molecule has 0 bridgehead atoms. The Hall–Kier alpha value is -2.41. The highest BCUT2D eigenvalue weighted by Crippen LogP contribution is 2.24. The summed E-state index contributed by atoms with van der Waals surface area (Å²) < 4.78 is 11.9. The van der Waals surface area contributed by atoms with Gasteiger partial charge in [-0.15, -0.1) is 11.3 Å². The van der Waals surface area contributed by atoms with Crippen LogP contribution in [0.3, 0.4) is 0 Å². The number of hydrogen-bond donors (Lipinski definition) is 0. The molecule has 3 aromatic heterocycles. The number of rotatable bonds is 5. The zero-order valence-electron chi connectivity index (χ0n) is 11.4. The van der Waals surface area contributed by atoms with E-state index < -0.39 is 5.97 Å². The van der Waals surface area contributed by atoms with Crippen molar-refractivity contribution in [3.8, 4) is 10.6 Å². The Balaban J connectivity index is 1.56. The van der Waals surface area contributed by atoms with Gasteiger partial charge in [0.2, 0.25) is 0 Å². The zero-order chi connectivity index (χ0) is 14.7. The summed E-state index contributed by atoms with van der Waals surface area (Å²) in [6.07, 6.45) is 7.46. The van der Waals surface area contributed by atoms with Crippen molar-refractivity contribution in [3.05, 3.63) is 47.6 Å². The molecule has 0 unspecified atom stereocenters. The quantitative estimate of drug-likeness (QED) is 0.677. The van der Waals surface area contributed by atoms with Crippen LogP contribution in [0.25, 0.3) is 10.6 Å². The molecule has 0 N–H and O–H groups in total. The lowest BCUT2D eigenvalue weighted by Gasteiger charge is -2.00. The standard InChI is InChI=1S/C14H13N3O3S/c1-17-7-10(6-15-17)2-5-20-14(18)12-9-21-13(16-12)11-3-4-19-8-11/h3-4,6-9H,2,5H2,1H3. The van der Waals surface area contributed by atoms with Gasteiger partial charge < -0.3 is 9.15 Å². The van der Waals surface area contributed by atoms with Gasteiger partial charge in [0.1, 0.15) is 11.3 Å². The van der Waals surface area contributed by atoms with Gasteiger partial charge in [-0.1, -0.05) is 0 Å². The lowest BCUT2D eigenvalue weighted by molar-refractivity contribution is 0.0503.